The van der Waals surface area contributed by atoms with Gasteiger partial charge in [0.05, 0.1) is 5.02 Å². The number of carbonyl (C=O) groups is 1. The highest BCUT2D eigenvalue weighted by Gasteiger charge is 2.10. The molecular weight excluding hydrogens is 362 g/mol. The predicted octanol–water partition coefficient (Wildman–Crippen LogP) is 4.08. The van der Waals surface area contributed by atoms with Crippen LogP contribution in [0.15, 0.2) is 54.9 Å². The number of amides is 1. The van der Waals surface area contributed by atoms with E-state index >= 15 is 0 Å². The topological polar surface area (TPSA) is 66.9 Å². The van der Waals surface area contributed by atoms with E-state index in [0.29, 0.717) is 17.1 Å². The summed E-state index contributed by atoms with van der Waals surface area (Å²) < 4.78 is 26.8. The molecule has 0 aliphatic heterocycles. The second-order valence-electron chi connectivity index (χ2n) is 5.32. The van der Waals surface area contributed by atoms with Gasteiger partial charge in [-0.15, -0.1) is 0 Å². The number of hydrogen-bond acceptors (Lipinski definition) is 4. The van der Waals surface area contributed by atoms with Crippen LogP contribution in [0.5, 0.6) is 0 Å². The van der Waals surface area contributed by atoms with Crippen LogP contribution in [0, 0.1) is 11.6 Å². The zero-order chi connectivity index (χ0) is 18.5. The number of nitrogens with zero attached hydrogens (tertiary/aromatic N) is 2. The van der Waals surface area contributed by atoms with Crippen molar-refractivity contribution in [2.75, 3.05) is 5.32 Å². The van der Waals surface area contributed by atoms with Gasteiger partial charge in [-0.2, -0.15) is 0 Å². The van der Waals surface area contributed by atoms with Crippen LogP contribution in [0.3, 0.4) is 0 Å². The first-order valence-corrected chi connectivity index (χ1v) is 7.96. The van der Waals surface area contributed by atoms with E-state index in [-0.39, 0.29) is 17.3 Å². The molecule has 0 atom stereocenters. The molecule has 0 bridgehead atoms. The molecule has 0 aliphatic carbocycles. The number of anilines is 2. The number of benzene rings is 2. The molecule has 2 aromatic carbocycles. The summed E-state index contributed by atoms with van der Waals surface area (Å²) in [6.45, 7) is 0.0336. The number of nitrogens with one attached hydrogen (secondary N) is 2. The van der Waals surface area contributed by atoms with Gasteiger partial charge in [0.25, 0.3) is 5.91 Å². The largest absolute Gasteiger partial charge is 0.347 e. The van der Waals surface area contributed by atoms with Gasteiger partial charge in [-0.1, -0.05) is 29.8 Å². The molecule has 132 valence electrons. The van der Waals surface area contributed by atoms with Gasteiger partial charge in [-0.05, 0) is 24.3 Å². The molecule has 26 heavy (non-hydrogen) atoms. The first-order valence-electron chi connectivity index (χ1n) is 7.58. The van der Waals surface area contributed by atoms with E-state index in [0.717, 1.165) is 0 Å². The van der Waals surface area contributed by atoms with Crippen molar-refractivity contribution in [2.45, 2.75) is 6.54 Å². The van der Waals surface area contributed by atoms with Gasteiger partial charge in [0.2, 0.25) is 0 Å². The SMILES string of the molecule is O=C(NCc1ccccc1F)c1cc(Nc2ccc(F)c(Cl)c2)ncn1. The molecule has 5 nitrogen and oxygen atoms in total. The fourth-order valence-electron chi connectivity index (χ4n) is 2.18. The Hall–Kier alpha value is -3.06. The van der Waals surface area contributed by atoms with Crippen LogP contribution in [0.1, 0.15) is 16.1 Å². The minimum atomic E-state index is -0.534. The van der Waals surface area contributed by atoms with Crippen LogP contribution in [-0.4, -0.2) is 15.9 Å². The van der Waals surface area contributed by atoms with E-state index in [4.69, 9.17) is 11.6 Å². The standard InChI is InChI=1S/C18H13ClF2N4O/c19-13-7-12(5-6-15(13)21)25-17-8-16(23-10-24-17)18(26)22-9-11-3-1-2-4-14(11)20/h1-8,10H,9H2,(H,22,26)(H,23,24,25). The number of halogens is 3. The third kappa shape index (κ3) is 4.31. The van der Waals surface area contributed by atoms with Crippen molar-refractivity contribution in [2.24, 2.45) is 0 Å². The molecule has 0 spiro atoms. The molecule has 0 saturated carbocycles. The summed E-state index contributed by atoms with van der Waals surface area (Å²) in [6.07, 6.45) is 1.21. The molecule has 0 radical (unpaired) electrons. The van der Waals surface area contributed by atoms with E-state index in [1.165, 1.54) is 36.7 Å². The van der Waals surface area contributed by atoms with Gasteiger partial charge >= 0.3 is 0 Å². The number of aromatic nitrogens is 2. The van der Waals surface area contributed by atoms with Crippen LogP contribution >= 0.6 is 11.6 Å². The van der Waals surface area contributed by atoms with Crippen LogP contribution in [0.2, 0.25) is 5.02 Å². The van der Waals surface area contributed by atoms with Crippen LogP contribution < -0.4 is 10.6 Å². The Kier molecular flexibility index (Phi) is 5.38. The van der Waals surface area contributed by atoms with Gasteiger partial charge in [0, 0.05) is 23.9 Å². The van der Waals surface area contributed by atoms with E-state index in [2.05, 4.69) is 20.6 Å². The van der Waals surface area contributed by atoms with Gasteiger partial charge in [0.1, 0.15) is 29.5 Å². The summed E-state index contributed by atoms with van der Waals surface area (Å²) >= 11 is 5.73. The van der Waals surface area contributed by atoms with Crippen molar-refractivity contribution in [1.29, 1.82) is 0 Å². The maximum absolute atomic E-state index is 13.6. The smallest absolute Gasteiger partial charge is 0.270 e. The summed E-state index contributed by atoms with van der Waals surface area (Å²) in [5, 5.41) is 5.47. The molecule has 0 fully saturated rings. The fraction of sp³-hybridized carbons (Fsp3) is 0.0556. The molecule has 3 aromatic rings. The van der Waals surface area contributed by atoms with E-state index in [1.54, 1.807) is 18.2 Å². The third-order valence-electron chi connectivity index (χ3n) is 3.49. The molecule has 2 N–H and O–H groups in total. The highest BCUT2D eigenvalue weighted by Crippen LogP contribution is 2.22. The van der Waals surface area contributed by atoms with Crippen molar-refractivity contribution in [3.63, 3.8) is 0 Å². The molecule has 0 aliphatic rings. The normalized spacial score (nSPS) is 10.4. The van der Waals surface area contributed by atoms with Crippen LogP contribution in [0.25, 0.3) is 0 Å². The van der Waals surface area contributed by atoms with E-state index < -0.39 is 17.5 Å². The number of rotatable bonds is 5. The Labute approximate surface area is 153 Å². The Bertz CT molecular complexity index is 952. The summed E-state index contributed by atoms with van der Waals surface area (Å²) in [4.78, 5) is 20.1. The highest BCUT2D eigenvalue weighted by atomic mass is 35.5. The predicted molar refractivity (Wildman–Crippen MR) is 94.3 cm³/mol. The van der Waals surface area contributed by atoms with E-state index in [1.807, 2.05) is 0 Å². The van der Waals surface area contributed by atoms with Gasteiger partial charge in [0.15, 0.2) is 0 Å². The summed E-state index contributed by atoms with van der Waals surface area (Å²) in [7, 11) is 0. The van der Waals surface area contributed by atoms with Crippen molar-refractivity contribution in [1.82, 2.24) is 15.3 Å². The minimum Gasteiger partial charge on any atom is -0.347 e. The number of hydrogen-bond donors (Lipinski definition) is 2. The molecule has 0 unspecified atom stereocenters. The maximum atomic E-state index is 13.6. The Morgan fingerprint density at radius 3 is 2.62 bits per heavy atom. The molecule has 1 heterocycles. The lowest BCUT2D eigenvalue weighted by Crippen LogP contribution is -2.24. The zero-order valence-corrected chi connectivity index (χ0v) is 14.1. The Balaban J connectivity index is 1.69. The monoisotopic (exact) mass is 374 g/mol. The zero-order valence-electron chi connectivity index (χ0n) is 13.3. The number of carbonyl (C=O) groups excluding carboxylic acids is 1. The first-order chi connectivity index (χ1) is 12.5. The maximum Gasteiger partial charge on any atom is 0.270 e. The summed E-state index contributed by atoms with van der Waals surface area (Å²) in [5.41, 5.74) is 0.981. The first kappa shape index (κ1) is 17.8. The summed E-state index contributed by atoms with van der Waals surface area (Å²) in [6, 6.07) is 11.7. The van der Waals surface area contributed by atoms with Crippen molar-refractivity contribution in [3.05, 3.63) is 82.8 Å². The second-order valence-corrected chi connectivity index (χ2v) is 5.72. The van der Waals surface area contributed by atoms with Crippen molar-refractivity contribution < 1.29 is 13.6 Å². The molecule has 3 rings (SSSR count). The van der Waals surface area contributed by atoms with E-state index in [9.17, 15) is 13.6 Å². The average molecular weight is 375 g/mol. The molecule has 8 heteroatoms. The van der Waals surface area contributed by atoms with Crippen molar-refractivity contribution in [3.8, 4) is 0 Å². The lowest BCUT2D eigenvalue weighted by atomic mass is 10.2. The molecule has 1 amide bonds. The quantitative estimate of drug-likeness (QED) is 0.706. The minimum absolute atomic E-state index is 0.0336. The van der Waals surface area contributed by atoms with Gasteiger partial charge in [-0.3, -0.25) is 4.79 Å². The van der Waals surface area contributed by atoms with Crippen LogP contribution in [0.4, 0.5) is 20.3 Å². The Morgan fingerprint density at radius 1 is 1.04 bits per heavy atom. The van der Waals surface area contributed by atoms with Gasteiger partial charge in [-0.25, -0.2) is 18.7 Å². The Morgan fingerprint density at radius 2 is 1.85 bits per heavy atom. The van der Waals surface area contributed by atoms with Crippen molar-refractivity contribution >= 4 is 29.0 Å². The second kappa shape index (κ2) is 7.88. The van der Waals surface area contributed by atoms with Gasteiger partial charge < -0.3 is 10.6 Å². The average Bonchev–Trinajstić information content (AvgIpc) is 2.64. The van der Waals surface area contributed by atoms with Crippen LogP contribution in [-0.2, 0) is 6.54 Å². The lowest BCUT2D eigenvalue weighted by Gasteiger charge is -2.08. The lowest BCUT2D eigenvalue weighted by molar-refractivity contribution is 0.0945. The molecule has 0 saturated heterocycles. The summed E-state index contributed by atoms with van der Waals surface area (Å²) in [5.74, 6) is -1.08. The third-order valence-corrected chi connectivity index (χ3v) is 3.78. The molecular formula is C18H13ClF2N4O. The highest BCUT2D eigenvalue weighted by molar-refractivity contribution is 6.31. The fourth-order valence-corrected chi connectivity index (χ4v) is 2.36. The molecule has 1 aromatic heterocycles.